The smallest absolute Gasteiger partial charge is 0.243 e. The molecule has 0 saturated carbocycles. The Balaban J connectivity index is 1.38. The summed E-state index contributed by atoms with van der Waals surface area (Å²) >= 11 is 0. The fourth-order valence-electron chi connectivity index (χ4n) is 4.51. The van der Waals surface area contributed by atoms with Gasteiger partial charge in [0.05, 0.1) is 4.90 Å². The number of piperidine rings is 2. The van der Waals surface area contributed by atoms with Gasteiger partial charge >= 0.3 is 0 Å². The van der Waals surface area contributed by atoms with E-state index >= 15 is 0 Å². The van der Waals surface area contributed by atoms with Gasteiger partial charge in [-0.25, -0.2) is 8.42 Å². The fraction of sp³-hybridized carbons (Fsp3) is 0.667. The Kier molecular flexibility index (Phi) is 6.22. The van der Waals surface area contributed by atoms with Crippen molar-refractivity contribution in [1.82, 2.24) is 14.1 Å². The van der Waals surface area contributed by atoms with Crippen molar-refractivity contribution < 1.29 is 22.7 Å². The van der Waals surface area contributed by atoms with Gasteiger partial charge in [-0.2, -0.15) is 4.31 Å². The van der Waals surface area contributed by atoms with Crippen molar-refractivity contribution >= 4 is 15.9 Å². The quantitative estimate of drug-likeness (QED) is 0.709. The van der Waals surface area contributed by atoms with Crippen molar-refractivity contribution in [3.05, 3.63) is 18.2 Å². The van der Waals surface area contributed by atoms with Crippen molar-refractivity contribution in [2.24, 2.45) is 5.92 Å². The molecule has 0 spiro atoms. The third-order valence-electron chi connectivity index (χ3n) is 6.39. The predicted molar refractivity (Wildman–Crippen MR) is 112 cm³/mol. The maximum absolute atomic E-state index is 13.1. The molecular weight excluding hydrogens is 406 g/mol. The average Bonchev–Trinajstić information content (AvgIpc) is 2.78. The first-order valence-corrected chi connectivity index (χ1v) is 12.2. The van der Waals surface area contributed by atoms with Crippen LogP contribution >= 0.6 is 0 Å². The van der Waals surface area contributed by atoms with Crippen LogP contribution in [0.3, 0.4) is 0 Å². The number of likely N-dealkylation sites (N-methyl/N-ethyl adjacent to an activating group) is 1. The van der Waals surface area contributed by atoms with Crippen LogP contribution in [0, 0.1) is 5.92 Å². The predicted octanol–water partition coefficient (Wildman–Crippen LogP) is 1.41. The van der Waals surface area contributed by atoms with Crippen molar-refractivity contribution in [2.75, 3.05) is 53.5 Å². The van der Waals surface area contributed by atoms with Gasteiger partial charge in [-0.05, 0) is 51.9 Å². The molecule has 1 amide bonds. The Morgan fingerprint density at radius 1 is 1.03 bits per heavy atom. The van der Waals surface area contributed by atoms with Crippen LogP contribution < -0.4 is 9.47 Å². The molecule has 4 rings (SSSR count). The van der Waals surface area contributed by atoms with E-state index in [0.29, 0.717) is 56.7 Å². The minimum absolute atomic E-state index is 0.0994. The first-order chi connectivity index (χ1) is 14.4. The Morgan fingerprint density at radius 3 is 2.43 bits per heavy atom. The van der Waals surface area contributed by atoms with Crippen molar-refractivity contribution in [3.8, 4) is 11.5 Å². The summed E-state index contributed by atoms with van der Waals surface area (Å²) in [4.78, 5) is 17.4. The molecule has 0 aliphatic carbocycles. The second-order valence-electron chi connectivity index (χ2n) is 8.53. The minimum Gasteiger partial charge on any atom is -0.486 e. The van der Waals surface area contributed by atoms with Gasteiger partial charge in [0.15, 0.2) is 11.5 Å². The van der Waals surface area contributed by atoms with E-state index in [9.17, 15) is 13.2 Å². The summed E-state index contributed by atoms with van der Waals surface area (Å²) in [5.41, 5.74) is 0. The lowest BCUT2D eigenvalue weighted by Crippen LogP contribution is -2.51. The summed E-state index contributed by atoms with van der Waals surface area (Å²) in [7, 11) is 0.488. The van der Waals surface area contributed by atoms with E-state index in [4.69, 9.17) is 9.47 Å². The molecule has 2 saturated heterocycles. The van der Waals surface area contributed by atoms with Crippen LogP contribution in [0.15, 0.2) is 23.1 Å². The van der Waals surface area contributed by atoms with Gasteiger partial charge < -0.3 is 19.3 Å². The fourth-order valence-corrected chi connectivity index (χ4v) is 6.00. The maximum Gasteiger partial charge on any atom is 0.243 e. The number of carbonyl (C=O) groups excluding carboxylic acids is 1. The summed E-state index contributed by atoms with van der Waals surface area (Å²) in [6, 6.07) is 5.15. The number of likely N-dealkylation sites (tertiary alicyclic amines) is 1. The van der Waals surface area contributed by atoms with Gasteiger partial charge in [0.2, 0.25) is 15.9 Å². The lowest BCUT2D eigenvalue weighted by molar-refractivity contribution is -0.138. The van der Waals surface area contributed by atoms with Crippen LogP contribution in [0.2, 0.25) is 0 Å². The number of sulfonamides is 1. The normalized spacial score (nSPS) is 23.6. The SMILES string of the molecule is CN(C)C1CCCN(C(=O)C2CCN(S(=O)(=O)c3ccc4c(c3)OCCO4)CC2)C1. The molecular formula is C21H31N3O5S. The molecule has 1 aromatic rings. The summed E-state index contributed by atoms with van der Waals surface area (Å²) < 4.78 is 38.7. The first-order valence-electron chi connectivity index (χ1n) is 10.7. The molecule has 1 unspecified atom stereocenters. The standard InChI is InChI=1S/C21H31N3O5S/c1-22(2)17-4-3-9-23(15-17)21(25)16-7-10-24(11-8-16)30(26,27)18-5-6-19-20(14-18)29-13-12-28-19/h5-6,14,16-17H,3-4,7-13,15H2,1-2H3. The zero-order valence-corrected chi connectivity index (χ0v) is 18.6. The van der Waals surface area contributed by atoms with Crippen LogP contribution in [0.5, 0.6) is 11.5 Å². The third-order valence-corrected chi connectivity index (χ3v) is 8.29. The second kappa shape index (κ2) is 8.72. The zero-order valence-electron chi connectivity index (χ0n) is 17.7. The number of carbonyl (C=O) groups is 1. The highest BCUT2D eigenvalue weighted by Gasteiger charge is 2.35. The molecule has 166 valence electrons. The topological polar surface area (TPSA) is 79.4 Å². The molecule has 30 heavy (non-hydrogen) atoms. The van der Waals surface area contributed by atoms with Crippen molar-refractivity contribution in [3.63, 3.8) is 0 Å². The summed E-state index contributed by atoms with van der Waals surface area (Å²) in [6.45, 7) is 3.17. The van der Waals surface area contributed by atoms with E-state index in [1.807, 2.05) is 4.90 Å². The minimum atomic E-state index is -3.62. The Hall–Kier alpha value is -1.84. The number of amides is 1. The van der Waals surface area contributed by atoms with Gasteiger partial charge in [0, 0.05) is 44.2 Å². The van der Waals surface area contributed by atoms with Gasteiger partial charge in [0.25, 0.3) is 0 Å². The molecule has 3 aliphatic heterocycles. The zero-order chi connectivity index (χ0) is 21.3. The van der Waals surface area contributed by atoms with Crippen LogP contribution in [0.4, 0.5) is 0 Å². The highest BCUT2D eigenvalue weighted by Crippen LogP contribution is 2.34. The Bertz CT molecular complexity index is 881. The second-order valence-corrected chi connectivity index (χ2v) is 10.5. The molecule has 1 atom stereocenters. The average molecular weight is 438 g/mol. The maximum atomic E-state index is 13.1. The molecule has 3 heterocycles. The Labute approximate surface area is 178 Å². The number of nitrogens with zero attached hydrogens (tertiary/aromatic N) is 3. The van der Waals surface area contributed by atoms with Crippen molar-refractivity contribution in [1.29, 1.82) is 0 Å². The summed E-state index contributed by atoms with van der Waals surface area (Å²) in [5.74, 6) is 1.12. The lowest BCUT2D eigenvalue weighted by Gasteiger charge is -2.39. The number of hydrogen-bond acceptors (Lipinski definition) is 6. The van der Waals surface area contributed by atoms with Crippen LogP contribution in [0.25, 0.3) is 0 Å². The van der Waals surface area contributed by atoms with E-state index in [1.54, 1.807) is 12.1 Å². The van der Waals surface area contributed by atoms with Crippen LogP contribution in [-0.2, 0) is 14.8 Å². The number of rotatable bonds is 4. The van der Waals surface area contributed by atoms with Gasteiger partial charge in [-0.3, -0.25) is 4.79 Å². The summed E-state index contributed by atoms with van der Waals surface area (Å²) in [5, 5.41) is 0. The molecule has 8 nitrogen and oxygen atoms in total. The molecule has 1 aromatic carbocycles. The van der Waals surface area contributed by atoms with E-state index < -0.39 is 10.0 Å². The molecule has 3 aliphatic rings. The van der Waals surface area contributed by atoms with Gasteiger partial charge in [0.1, 0.15) is 13.2 Å². The third kappa shape index (κ3) is 4.29. The van der Waals surface area contributed by atoms with Crippen LogP contribution in [0.1, 0.15) is 25.7 Å². The van der Waals surface area contributed by atoms with Crippen LogP contribution in [-0.4, -0.2) is 88.0 Å². The van der Waals surface area contributed by atoms with E-state index in [2.05, 4.69) is 19.0 Å². The number of fused-ring (bicyclic) bond motifs is 1. The van der Waals surface area contributed by atoms with E-state index in [0.717, 1.165) is 25.9 Å². The summed E-state index contributed by atoms with van der Waals surface area (Å²) in [6.07, 6.45) is 3.26. The monoisotopic (exact) mass is 437 g/mol. The van der Waals surface area contributed by atoms with Crippen molar-refractivity contribution in [2.45, 2.75) is 36.6 Å². The number of benzene rings is 1. The highest BCUT2D eigenvalue weighted by molar-refractivity contribution is 7.89. The molecule has 0 N–H and O–H groups in total. The molecule has 9 heteroatoms. The molecule has 2 fully saturated rings. The highest BCUT2D eigenvalue weighted by atomic mass is 32.2. The Morgan fingerprint density at radius 2 is 1.73 bits per heavy atom. The molecule has 0 aromatic heterocycles. The van der Waals surface area contributed by atoms with E-state index in [-0.39, 0.29) is 16.7 Å². The number of ether oxygens (including phenoxy) is 2. The molecule has 0 radical (unpaired) electrons. The van der Waals surface area contributed by atoms with Gasteiger partial charge in [-0.1, -0.05) is 0 Å². The number of hydrogen-bond donors (Lipinski definition) is 0. The molecule has 0 bridgehead atoms. The largest absolute Gasteiger partial charge is 0.486 e. The van der Waals surface area contributed by atoms with Gasteiger partial charge in [-0.15, -0.1) is 0 Å². The van der Waals surface area contributed by atoms with E-state index in [1.165, 1.54) is 10.4 Å². The first kappa shape index (κ1) is 21.4. The lowest BCUT2D eigenvalue weighted by atomic mass is 9.94.